The maximum absolute atomic E-state index is 12.8. The molecule has 5 nitrogen and oxygen atoms in total. The van der Waals surface area contributed by atoms with E-state index in [0.29, 0.717) is 12.5 Å². The Morgan fingerprint density at radius 1 is 1.17 bits per heavy atom. The third-order valence-electron chi connectivity index (χ3n) is 6.47. The molecule has 1 amide bonds. The lowest BCUT2D eigenvalue weighted by molar-refractivity contribution is -0.121. The van der Waals surface area contributed by atoms with Gasteiger partial charge in [-0.3, -0.25) is 9.69 Å². The average Bonchev–Trinajstić information content (AvgIpc) is 2.98. The Bertz CT molecular complexity index is 851. The third kappa shape index (κ3) is 4.96. The van der Waals surface area contributed by atoms with Crippen LogP contribution in [0.2, 0.25) is 5.02 Å². The summed E-state index contributed by atoms with van der Waals surface area (Å²) in [5.41, 5.74) is 3.45. The average molecular weight is 418 g/mol. The first-order valence-electron chi connectivity index (χ1n) is 11.0. The Morgan fingerprint density at radius 3 is 2.69 bits per heavy atom. The standard InChI is InChI=1S/C23H32ClN3O2/c1-17-20(16-23(28)25-19-5-3-2-4-6-19)21-15-18(24)7-8-22(21)27(17)10-9-26-11-13-29-14-12-26/h7-8,15,19H,2-6,9-14,16H2,1H3,(H,25,28). The van der Waals surface area contributed by atoms with Crippen LogP contribution in [0, 0.1) is 6.92 Å². The number of hydrogen-bond donors (Lipinski definition) is 1. The first kappa shape index (κ1) is 20.7. The predicted molar refractivity (Wildman–Crippen MR) is 118 cm³/mol. The van der Waals surface area contributed by atoms with Gasteiger partial charge in [0.05, 0.1) is 19.6 Å². The molecule has 158 valence electrons. The third-order valence-corrected chi connectivity index (χ3v) is 6.70. The number of carbonyl (C=O) groups is 1. The van der Waals surface area contributed by atoms with E-state index < -0.39 is 0 Å². The number of ether oxygens (including phenoxy) is 1. The number of morpholine rings is 1. The monoisotopic (exact) mass is 417 g/mol. The van der Waals surface area contributed by atoms with Crippen molar-refractivity contribution in [2.45, 2.75) is 58.0 Å². The van der Waals surface area contributed by atoms with Crippen molar-refractivity contribution in [3.63, 3.8) is 0 Å². The van der Waals surface area contributed by atoms with Gasteiger partial charge in [-0.25, -0.2) is 0 Å². The van der Waals surface area contributed by atoms with Gasteiger partial charge in [-0.05, 0) is 43.5 Å². The van der Waals surface area contributed by atoms with Gasteiger partial charge >= 0.3 is 0 Å². The number of fused-ring (bicyclic) bond motifs is 1. The number of benzene rings is 1. The van der Waals surface area contributed by atoms with Crippen LogP contribution in [-0.4, -0.2) is 54.3 Å². The first-order valence-corrected chi connectivity index (χ1v) is 11.4. The lowest BCUT2D eigenvalue weighted by atomic mass is 9.95. The van der Waals surface area contributed by atoms with E-state index in [1.807, 2.05) is 12.1 Å². The van der Waals surface area contributed by atoms with Crippen LogP contribution >= 0.6 is 11.6 Å². The van der Waals surface area contributed by atoms with E-state index in [1.54, 1.807) is 0 Å². The minimum absolute atomic E-state index is 0.132. The molecule has 2 aliphatic rings. The Morgan fingerprint density at radius 2 is 1.93 bits per heavy atom. The molecule has 29 heavy (non-hydrogen) atoms. The molecule has 0 atom stereocenters. The molecule has 2 heterocycles. The van der Waals surface area contributed by atoms with Gasteiger partial charge in [-0.15, -0.1) is 0 Å². The molecule has 6 heteroatoms. The number of rotatable bonds is 6. The van der Waals surface area contributed by atoms with Gasteiger partial charge < -0.3 is 14.6 Å². The van der Waals surface area contributed by atoms with Crippen molar-refractivity contribution in [3.8, 4) is 0 Å². The number of hydrogen-bond acceptors (Lipinski definition) is 3. The Balaban J connectivity index is 1.53. The van der Waals surface area contributed by atoms with Crippen LogP contribution in [0.1, 0.15) is 43.4 Å². The highest BCUT2D eigenvalue weighted by molar-refractivity contribution is 6.31. The van der Waals surface area contributed by atoms with Crippen LogP contribution in [0.15, 0.2) is 18.2 Å². The number of nitrogens with zero attached hydrogens (tertiary/aromatic N) is 2. The van der Waals surface area contributed by atoms with E-state index in [4.69, 9.17) is 16.3 Å². The molecule has 1 saturated heterocycles. The minimum atomic E-state index is 0.132. The Labute approximate surface area is 178 Å². The molecule has 0 spiro atoms. The van der Waals surface area contributed by atoms with E-state index in [1.165, 1.54) is 30.5 Å². The summed E-state index contributed by atoms with van der Waals surface area (Å²) in [6, 6.07) is 6.39. The number of carbonyl (C=O) groups excluding carboxylic acids is 1. The fraction of sp³-hybridized carbons (Fsp3) is 0.609. The highest BCUT2D eigenvalue weighted by Crippen LogP contribution is 2.29. The number of halogens is 1. The maximum Gasteiger partial charge on any atom is 0.224 e. The van der Waals surface area contributed by atoms with Crippen molar-refractivity contribution in [1.82, 2.24) is 14.8 Å². The number of nitrogens with one attached hydrogen (secondary N) is 1. The molecule has 1 N–H and O–H groups in total. The van der Waals surface area contributed by atoms with E-state index >= 15 is 0 Å². The van der Waals surface area contributed by atoms with Crippen LogP contribution < -0.4 is 5.32 Å². The highest BCUT2D eigenvalue weighted by Gasteiger charge is 2.21. The smallest absolute Gasteiger partial charge is 0.224 e. The summed E-state index contributed by atoms with van der Waals surface area (Å²) in [5, 5.41) is 5.09. The fourth-order valence-corrected chi connectivity index (χ4v) is 4.96. The van der Waals surface area contributed by atoms with Crippen molar-refractivity contribution in [1.29, 1.82) is 0 Å². The van der Waals surface area contributed by atoms with Crippen LogP contribution in [-0.2, 0) is 22.5 Å². The summed E-state index contributed by atoms with van der Waals surface area (Å²) in [5.74, 6) is 0.132. The molecule has 0 unspecified atom stereocenters. The molecular weight excluding hydrogens is 386 g/mol. The molecule has 2 aromatic rings. The summed E-state index contributed by atoms with van der Waals surface area (Å²) in [7, 11) is 0. The molecule has 1 aliphatic carbocycles. The maximum atomic E-state index is 12.8. The minimum Gasteiger partial charge on any atom is -0.379 e. The molecule has 2 fully saturated rings. The van der Waals surface area contributed by atoms with Gasteiger partial charge in [0, 0.05) is 53.8 Å². The summed E-state index contributed by atoms with van der Waals surface area (Å²) in [6.45, 7) is 7.64. The second kappa shape index (κ2) is 9.50. The topological polar surface area (TPSA) is 46.5 Å². The van der Waals surface area contributed by atoms with Crippen LogP contribution in [0.5, 0.6) is 0 Å². The SMILES string of the molecule is Cc1c(CC(=O)NC2CCCCC2)c2cc(Cl)ccc2n1CCN1CCOCC1. The number of amides is 1. The largest absolute Gasteiger partial charge is 0.379 e. The van der Waals surface area contributed by atoms with Gasteiger partial charge in [0.2, 0.25) is 5.91 Å². The van der Waals surface area contributed by atoms with Gasteiger partial charge in [-0.2, -0.15) is 0 Å². The van der Waals surface area contributed by atoms with Crippen LogP contribution in [0.4, 0.5) is 0 Å². The zero-order valence-electron chi connectivity index (χ0n) is 17.4. The van der Waals surface area contributed by atoms with Crippen molar-refractivity contribution >= 4 is 28.4 Å². The van der Waals surface area contributed by atoms with Crippen LogP contribution in [0.25, 0.3) is 10.9 Å². The Hall–Kier alpha value is -1.56. The molecule has 1 aliphatic heterocycles. The van der Waals surface area contributed by atoms with E-state index in [9.17, 15) is 4.79 Å². The number of aromatic nitrogens is 1. The van der Waals surface area contributed by atoms with Crippen molar-refractivity contribution < 1.29 is 9.53 Å². The molecule has 4 rings (SSSR count). The molecule has 0 bridgehead atoms. The molecule has 0 radical (unpaired) electrons. The van der Waals surface area contributed by atoms with E-state index in [0.717, 1.165) is 68.2 Å². The fourth-order valence-electron chi connectivity index (χ4n) is 4.79. The lowest BCUT2D eigenvalue weighted by Crippen LogP contribution is -2.38. The van der Waals surface area contributed by atoms with Crippen molar-refractivity contribution in [2.24, 2.45) is 0 Å². The summed E-state index contributed by atoms with van der Waals surface area (Å²) in [4.78, 5) is 15.2. The summed E-state index contributed by atoms with van der Waals surface area (Å²) in [6.07, 6.45) is 6.38. The molecule has 1 aromatic heterocycles. The molecule has 1 aromatic carbocycles. The first-order chi connectivity index (χ1) is 14.1. The van der Waals surface area contributed by atoms with Gasteiger partial charge in [0.25, 0.3) is 0 Å². The summed E-state index contributed by atoms with van der Waals surface area (Å²) >= 11 is 6.31. The zero-order valence-corrected chi connectivity index (χ0v) is 18.1. The quantitative estimate of drug-likeness (QED) is 0.774. The summed E-state index contributed by atoms with van der Waals surface area (Å²) < 4.78 is 7.81. The predicted octanol–water partition coefficient (Wildman–Crippen LogP) is 3.93. The van der Waals surface area contributed by atoms with Gasteiger partial charge in [0.1, 0.15) is 0 Å². The van der Waals surface area contributed by atoms with Crippen LogP contribution in [0.3, 0.4) is 0 Å². The highest BCUT2D eigenvalue weighted by atomic mass is 35.5. The van der Waals surface area contributed by atoms with Crippen molar-refractivity contribution in [2.75, 3.05) is 32.8 Å². The lowest BCUT2D eigenvalue weighted by Gasteiger charge is -2.27. The van der Waals surface area contributed by atoms with Gasteiger partial charge in [0.15, 0.2) is 0 Å². The normalized spacial score (nSPS) is 19.0. The Kier molecular flexibility index (Phi) is 6.78. The van der Waals surface area contributed by atoms with Crippen molar-refractivity contribution in [3.05, 3.63) is 34.5 Å². The molecule has 1 saturated carbocycles. The second-order valence-corrected chi connectivity index (χ2v) is 8.85. The zero-order chi connectivity index (χ0) is 20.2. The van der Waals surface area contributed by atoms with E-state index in [-0.39, 0.29) is 5.91 Å². The van der Waals surface area contributed by atoms with E-state index in [2.05, 4.69) is 27.8 Å². The van der Waals surface area contributed by atoms with Gasteiger partial charge in [-0.1, -0.05) is 30.9 Å². The molecular formula is C23H32ClN3O2. The second-order valence-electron chi connectivity index (χ2n) is 8.41.